The lowest BCUT2D eigenvalue weighted by Gasteiger charge is -2.23. The standard InChI is InChI=1S/C24H32N2O5/c27-22(25-16-18-11-13-30-14-12-18)15-20-9-5-2-6-10-23(28)31-21(17-26-24(20)29)19-7-3-1-4-8-19/h1-5,7-8,18,20-21H,6,9-17H2,(H,25,27)(H,26,29)/b5-2-/t20-,21-/m0/s1. The molecule has 168 valence electrons. The van der Waals surface area contributed by atoms with Gasteiger partial charge in [0.05, 0.1) is 12.5 Å². The Balaban J connectivity index is 1.59. The Morgan fingerprint density at radius 2 is 1.87 bits per heavy atom. The molecule has 2 atom stereocenters. The van der Waals surface area contributed by atoms with Crippen LogP contribution in [-0.2, 0) is 23.9 Å². The minimum absolute atomic E-state index is 0.113. The molecule has 0 aromatic heterocycles. The van der Waals surface area contributed by atoms with E-state index in [0.29, 0.717) is 25.3 Å². The van der Waals surface area contributed by atoms with E-state index in [-0.39, 0.29) is 37.2 Å². The Morgan fingerprint density at radius 1 is 1.10 bits per heavy atom. The van der Waals surface area contributed by atoms with Gasteiger partial charge in [0.15, 0.2) is 0 Å². The molecule has 2 aliphatic heterocycles. The van der Waals surface area contributed by atoms with Gasteiger partial charge in [0.2, 0.25) is 11.8 Å². The molecular weight excluding hydrogens is 396 g/mol. The van der Waals surface area contributed by atoms with Crippen molar-refractivity contribution in [2.45, 2.75) is 44.6 Å². The Kier molecular flexibility index (Phi) is 9.09. The van der Waals surface area contributed by atoms with Gasteiger partial charge in [-0.25, -0.2) is 0 Å². The van der Waals surface area contributed by atoms with Gasteiger partial charge in [0.1, 0.15) is 6.10 Å². The molecule has 0 bridgehead atoms. The first-order valence-corrected chi connectivity index (χ1v) is 11.1. The average molecular weight is 429 g/mol. The van der Waals surface area contributed by atoms with Crippen LogP contribution in [0.15, 0.2) is 42.5 Å². The number of carbonyl (C=O) groups is 3. The van der Waals surface area contributed by atoms with Crippen molar-refractivity contribution in [2.75, 3.05) is 26.3 Å². The Morgan fingerprint density at radius 3 is 2.65 bits per heavy atom. The van der Waals surface area contributed by atoms with Crippen LogP contribution in [-0.4, -0.2) is 44.1 Å². The van der Waals surface area contributed by atoms with Crippen molar-refractivity contribution in [1.82, 2.24) is 10.6 Å². The molecular formula is C24H32N2O5. The zero-order chi connectivity index (χ0) is 21.9. The number of allylic oxidation sites excluding steroid dienone is 2. The summed E-state index contributed by atoms with van der Waals surface area (Å²) in [5, 5.41) is 5.86. The molecule has 7 heteroatoms. The maximum atomic E-state index is 12.8. The molecule has 7 nitrogen and oxygen atoms in total. The van der Waals surface area contributed by atoms with E-state index < -0.39 is 12.0 Å². The zero-order valence-corrected chi connectivity index (χ0v) is 17.9. The van der Waals surface area contributed by atoms with Crippen LogP contribution in [0, 0.1) is 11.8 Å². The summed E-state index contributed by atoms with van der Waals surface area (Å²) in [4.78, 5) is 37.5. The number of rotatable bonds is 5. The van der Waals surface area contributed by atoms with Crippen molar-refractivity contribution in [2.24, 2.45) is 11.8 Å². The van der Waals surface area contributed by atoms with Crippen LogP contribution in [0.1, 0.15) is 50.2 Å². The highest BCUT2D eigenvalue weighted by Gasteiger charge is 2.24. The molecule has 0 spiro atoms. The third-order valence-corrected chi connectivity index (χ3v) is 5.74. The van der Waals surface area contributed by atoms with Gasteiger partial charge in [-0.3, -0.25) is 14.4 Å². The Hall–Kier alpha value is -2.67. The molecule has 31 heavy (non-hydrogen) atoms. The molecule has 2 amide bonds. The van der Waals surface area contributed by atoms with Gasteiger partial charge in [-0.05, 0) is 37.2 Å². The quantitative estimate of drug-likeness (QED) is 0.556. The summed E-state index contributed by atoms with van der Waals surface area (Å²) in [7, 11) is 0. The van der Waals surface area contributed by atoms with Crippen molar-refractivity contribution in [3.8, 4) is 0 Å². The first-order valence-electron chi connectivity index (χ1n) is 11.1. The number of benzene rings is 1. The predicted octanol–water partition coefficient (Wildman–Crippen LogP) is 2.68. The third kappa shape index (κ3) is 7.83. The lowest BCUT2D eigenvalue weighted by atomic mass is 9.97. The summed E-state index contributed by atoms with van der Waals surface area (Å²) in [6.45, 7) is 2.28. The van der Waals surface area contributed by atoms with Crippen molar-refractivity contribution < 1.29 is 23.9 Å². The van der Waals surface area contributed by atoms with Gasteiger partial charge in [-0.1, -0.05) is 42.5 Å². The molecule has 0 radical (unpaired) electrons. The lowest BCUT2D eigenvalue weighted by molar-refractivity contribution is -0.150. The number of nitrogens with one attached hydrogen (secondary N) is 2. The van der Waals surface area contributed by atoms with E-state index in [2.05, 4.69) is 10.6 Å². The molecule has 2 aliphatic rings. The summed E-state index contributed by atoms with van der Waals surface area (Å²) in [5.41, 5.74) is 0.828. The third-order valence-electron chi connectivity index (χ3n) is 5.74. The topological polar surface area (TPSA) is 93.7 Å². The Bertz CT molecular complexity index is 758. The van der Waals surface area contributed by atoms with Gasteiger partial charge >= 0.3 is 5.97 Å². The smallest absolute Gasteiger partial charge is 0.306 e. The highest BCUT2D eigenvalue weighted by molar-refractivity contribution is 5.86. The van der Waals surface area contributed by atoms with Crippen LogP contribution in [0.4, 0.5) is 0 Å². The maximum Gasteiger partial charge on any atom is 0.306 e. The minimum atomic E-state index is -0.552. The van der Waals surface area contributed by atoms with E-state index in [9.17, 15) is 14.4 Å². The van der Waals surface area contributed by atoms with Crippen LogP contribution < -0.4 is 10.6 Å². The van der Waals surface area contributed by atoms with Crippen molar-refractivity contribution >= 4 is 17.8 Å². The second-order valence-electron chi connectivity index (χ2n) is 8.14. The summed E-state index contributed by atoms with van der Waals surface area (Å²) in [6, 6.07) is 9.37. The van der Waals surface area contributed by atoms with Gasteiger partial charge < -0.3 is 20.1 Å². The van der Waals surface area contributed by atoms with Crippen LogP contribution in [0.5, 0.6) is 0 Å². The zero-order valence-electron chi connectivity index (χ0n) is 17.9. The Labute approximate surface area is 183 Å². The summed E-state index contributed by atoms with van der Waals surface area (Å²) >= 11 is 0. The molecule has 1 aromatic rings. The van der Waals surface area contributed by atoms with E-state index >= 15 is 0 Å². The SMILES string of the molecule is O=C(C[C@@H]1C/C=C\CCC(=O)O[C@H](c2ccccc2)CNC1=O)NCC1CCOCC1. The summed E-state index contributed by atoms with van der Waals surface area (Å²) in [6.07, 6.45) is 6.52. The number of cyclic esters (lactones) is 1. The van der Waals surface area contributed by atoms with E-state index in [1.54, 1.807) is 0 Å². The average Bonchev–Trinajstić information content (AvgIpc) is 2.79. The molecule has 3 rings (SSSR count). The van der Waals surface area contributed by atoms with Crippen LogP contribution in [0.25, 0.3) is 0 Å². The number of hydrogen-bond donors (Lipinski definition) is 2. The molecule has 1 saturated heterocycles. The highest BCUT2D eigenvalue weighted by Crippen LogP contribution is 2.20. The van der Waals surface area contributed by atoms with Crippen LogP contribution in [0.2, 0.25) is 0 Å². The largest absolute Gasteiger partial charge is 0.456 e. The molecule has 0 aliphatic carbocycles. The molecule has 2 N–H and O–H groups in total. The second kappa shape index (κ2) is 12.2. The summed E-state index contributed by atoms with van der Waals surface area (Å²) in [5.74, 6) is -0.638. The van der Waals surface area contributed by atoms with Crippen molar-refractivity contribution in [1.29, 1.82) is 0 Å². The monoisotopic (exact) mass is 428 g/mol. The summed E-state index contributed by atoms with van der Waals surface area (Å²) < 4.78 is 11.0. The van der Waals surface area contributed by atoms with Crippen molar-refractivity contribution in [3.05, 3.63) is 48.0 Å². The number of ether oxygens (including phenoxy) is 2. The maximum absolute atomic E-state index is 12.8. The van der Waals surface area contributed by atoms with Gasteiger partial charge in [0.25, 0.3) is 0 Å². The number of esters is 1. The first-order chi connectivity index (χ1) is 15.1. The van der Waals surface area contributed by atoms with E-state index in [0.717, 1.165) is 31.6 Å². The molecule has 0 saturated carbocycles. The second-order valence-corrected chi connectivity index (χ2v) is 8.14. The van der Waals surface area contributed by atoms with Crippen LogP contribution in [0.3, 0.4) is 0 Å². The molecule has 1 aromatic carbocycles. The fourth-order valence-corrected chi connectivity index (χ4v) is 3.82. The van der Waals surface area contributed by atoms with E-state index in [1.165, 1.54) is 0 Å². The van der Waals surface area contributed by atoms with E-state index in [1.807, 2.05) is 42.5 Å². The normalized spacial score (nSPS) is 24.8. The number of carbonyl (C=O) groups excluding carboxylic acids is 3. The van der Waals surface area contributed by atoms with Crippen LogP contribution >= 0.6 is 0 Å². The fraction of sp³-hybridized carbons (Fsp3) is 0.542. The predicted molar refractivity (Wildman–Crippen MR) is 116 cm³/mol. The van der Waals surface area contributed by atoms with E-state index in [4.69, 9.17) is 9.47 Å². The highest BCUT2D eigenvalue weighted by atomic mass is 16.5. The van der Waals surface area contributed by atoms with Gasteiger partial charge in [-0.2, -0.15) is 0 Å². The van der Waals surface area contributed by atoms with Crippen molar-refractivity contribution in [3.63, 3.8) is 0 Å². The molecule has 1 fully saturated rings. The first kappa shape index (κ1) is 23.0. The van der Waals surface area contributed by atoms with Gasteiger partial charge in [-0.15, -0.1) is 0 Å². The lowest BCUT2D eigenvalue weighted by Crippen LogP contribution is -2.38. The molecule has 0 unspecified atom stereocenters. The number of hydrogen-bond acceptors (Lipinski definition) is 5. The van der Waals surface area contributed by atoms with Gasteiger partial charge in [0, 0.05) is 32.6 Å². The molecule has 2 heterocycles. The minimum Gasteiger partial charge on any atom is -0.456 e. The number of amides is 2. The fourth-order valence-electron chi connectivity index (χ4n) is 3.82.